The average Bonchev–Trinajstić information content (AvgIpc) is 2.46. The number of hydrogen-bond acceptors (Lipinski definition) is 2. The standard InChI is InChI=1S/C15H9ClF3O2/c16-13-7-6-11(8-12(13)15(17,18)19)21-14(9-20)10-4-2-1-3-5-10/h1-8,14H. The number of carbonyl (C=O) groups excluding carboxylic acids is 1. The highest BCUT2D eigenvalue weighted by Gasteiger charge is 2.33. The lowest BCUT2D eigenvalue weighted by molar-refractivity contribution is -0.137. The SMILES string of the molecule is O=[C]C(Oc1ccc(Cl)c(C(F)(F)F)c1)c1ccccc1. The molecule has 0 aliphatic rings. The summed E-state index contributed by atoms with van der Waals surface area (Å²) in [7, 11) is 0. The summed E-state index contributed by atoms with van der Waals surface area (Å²) in [6, 6.07) is 11.5. The molecule has 2 nitrogen and oxygen atoms in total. The first kappa shape index (κ1) is 15.4. The first-order valence-electron chi connectivity index (χ1n) is 5.88. The van der Waals surface area contributed by atoms with E-state index in [4.69, 9.17) is 16.3 Å². The van der Waals surface area contributed by atoms with Crippen molar-refractivity contribution in [3.05, 3.63) is 64.7 Å². The van der Waals surface area contributed by atoms with Gasteiger partial charge in [0, 0.05) is 5.56 Å². The van der Waals surface area contributed by atoms with Crippen LogP contribution in [-0.2, 0) is 11.0 Å². The highest BCUT2D eigenvalue weighted by atomic mass is 35.5. The largest absolute Gasteiger partial charge is 0.477 e. The molecule has 1 unspecified atom stereocenters. The van der Waals surface area contributed by atoms with Gasteiger partial charge in [-0.3, -0.25) is 4.79 Å². The molecule has 0 aromatic heterocycles. The van der Waals surface area contributed by atoms with E-state index in [1.165, 1.54) is 6.07 Å². The van der Waals surface area contributed by atoms with E-state index in [0.717, 1.165) is 12.1 Å². The molecule has 0 saturated heterocycles. The summed E-state index contributed by atoms with van der Waals surface area (Å²) >= 11 is 5.52. The third-order valence-corrected chi connectivity index (χ3v) is 3.04. The Labute approximate surface area is 124 Å². The van der Waals surface area contributed by atoms with E-state index in [2.05, 4.69) is 0 Å². The van der Waals surface area contributed by atoms with Gasteiger partial charge in [-0.2, -0.15) is 13.2 Å². The van der Waals surface area contributed by atoms with E-state index in [0.29, 0.717) is 5.56 Å². The molecule has 21 heavy (non-hydrogen) atoms. The van der Waals surface area contributed by atoms with Crippen LogP contribution in [0.1, 0.15) is 17.2 Å². The third kappa shape index (κ3) is 3.76. The molecule has 1 radical (unpaired) electrons. The van der Waals surface area contributed by atoms with Crippen LogP contribution in [0.4, 0.5) is 13.2 Å². The minimum atomic E-state index is -4.59. The molecule has 0 aliphatic heterocycles. The van der Waals surface area contributed by atoms with Crippen molar-refractivity contribution in [2.24, 2.45) is 0 Å². The van der Waals surface area contributed by atoms with Crippen LogP contribution in [-0.4, -0.2) is 6.29 Å². The lowest BCUT2D eigenvalue weighted by Crippen LogP contribution is -2.10. The van der Waals surface area contributed by atoms with Crippen molar-refractivity contribution in [2.45, 2.75) is 12.3 Å². The van der Waals surface area contributed by atoms with Crippen molar-refractivity contribution < 1.29 is 22.7 Å². The Kier molecular flexibility index (Phi) is 4.53. The minimum Gasteiger partial charge on any atom is -0.477 e. The van der Waals surface area contributed by atoms with Gasteiger partial charge in [0.05, 0.1) is 10.6 Å². The van der Waals surface area contributed by atoms with Crippen LogP contribution in [0.15, 0.2) is 48.5 Å². The van der Waals surface area contributed by atoms with Crippen molar-refractivity contribution in [3.8, 4) is 5.75 Å². The second-order valence-corrected chi connectivity index (χ2v) is 4.57. The van der Waals surface area contributed by atoms with E-state index in [9.17, 15) is 18.0 Å². The van der Waals surface area contributed by atoms with E-state index >= 15 is 0 Å². The Morgan fingerprint density at radius 2 is 1.76 bits per heavy atom. The molecule has 0 fully saturated rings. The van der Waals surface area contributed by atoms with Crippen molar-refractivity contribution in [1.29, 1.82) is 0 Å². The number of benzene rings is 2. The second kappa shape index (κ2) is 6.18. The van der Waals surface area contributed by atoms with Crippen LogP contribution in [0, 0.1) is 0 Å². The normalized spacial score (nSPS) is 12.8. The Balaban J connectivity index is 2.29. The van der Waals surface area contributed by atoms with E-state index in [1.54, 1.807) is 36.6 Å². The summed E-state index contributed by atoms with van der Waals surface area (Å²) in [6.07, 6.45) is -4.04. The molecule has 0 aliphatic carbocycles. The summed E-state index contributed by atoms with van der Waals surface area (Å²) in [6.45, 7) is 0. The molecule has 1 atom stereocenters. The van der Waals surface area contributed by atoms with Gasteiger partial charge in [0.15, 0.2) is 6.10 Å². The summed E-state index contributed by atoms with van der Waals surface area (Å²) in [5, 5.41) is -0.429. The van der Waals surface area contributed by atoms with Crippen LogP contribution in [0.25, 0.3) is 0 Å². The van der Waals surface area contributed by atoms with Gasteiger partial charge in [0.25, 0.3) is 0 Å². The number of alkyl halides is 3. The Hall–Kier alpha value is -2.01. The minimum absolute atomic E-state index is 0.107. The van der Waals surface area contributed by atoms with Gasteiger partial charge in [-0.1, -0.05) is 41.9 Å². The maximum absolute atomic E-state index is 12.8. The van der Waals surface area contributed by atoms with Crippen LogP contribution < -0.4 is 4.74 Å². The van der Waals surface area contributed by atoms with Crippen molar-refractivity contribution >= 4 is 17.9 Å². The maximum Gasteiger partial charge on any atom is 0.417 e. The van der Waals surface area contributed by atoms with Crippen molar-refractivity contribution in [3.63, 3.8) is 0 Å². The van der Waals surface area contributed by atoms with Crippen molar-refractivity contribution in [1.82, 2.24) is 0 Å². The smallest absolute Gasteiger partial charge is 0.417 e. The first-order chi connectivity index (χ1) is 9.91. The van der Waals surface area contributed by atoms with Crippen LogP contribution >= 0.6 is 11.6 Å². The van der Waals surface area contributed by atoms with Gasteiger partial charge in [0.1, 0.15) is 5.75 Å². The van der Waals surface area contributed by atoms with Gasteiger partial charge >= 0.3 is 6.18 Å². The molecule has 6 heteroatoms. The molecule has 0 spiro atoms. The predicted octanol–water partition coefficient (Wildman–Crippen LogP) is 4.59. The first-order valence-corrected chi connectivity index (χ1v) is 6.25. The van der Waals surface area contributed by atoms with Crippen LogP contribution in [0.5, 0.6) is 5.75 Å². The fourth-order valence-electron chi connectivity index (χ4n) is 1.72. The molecule has 0 amide bonds. The molecular weight excluding hydrogens is 305 g/mol. The quantitative estimate of drug-likeness (QED) is 0.825. The molecule has 0 heterocycles. The molecule has 2 aromatic carbocycles. The van der Waals surface area contributed by atoms with Gasteiger partial charge in [-0.25, -0.2) is 0 Å². The zero-order valence-corrected chi connectivity index (χ0v) is 11.3. The monoisotopic (exact) mass is 313 g/mol. The number of ether oxygens (including phenoxy) is 1. The predicted molar refractivity (Wildman–Crippen MR) is 72.0 cm³/mol. The molecule has 109 valence electrons. The molecule has 0 saturated carbocycles. The Morgan fingerprint density at radius 1 is 1.10 bits per heavy atom. The lowest BCUT2D eigenvalue weighted by atomic mass is 10.1. The van der Waals surface area contributed by atoms with E-state index < -0.39 is 22.9 Å². The highest BCUT2D eigenvalue weighted by Crippen LogP contribution is 2.37. The topological polar surface area (TPSA) is 26.3 Å². The Bertz CT molecular complexity index is 627. The maximum atomic E-state index is 12.8. The fourth-order valence-corrected chi connectivity index (χ4v) is 1.94. The van der Waals surface area contributed by atoms with Gasteiger partial charge in [-0.05, 0) is 18.2 Å². The van der Waals surface area contributed by atoms with Gasteiger partial charge in [0.2, 0.25) is 6.29 Å². The summed E-state index contributed by atoms with van der Waals surface area (Å²) in [5.41, 5.74) is -0.518. The third-order valence-electron chi connectivity index (χ3n) is 2.71. The van der Waals surface area contributed by atoms with E-state index in [-0.39, 0.29) is 5.75 Å². The summed E-state index contributed by atoms with van der Waals surface area (Å²) in [5.74, 6) is -0.107. The number of hydrogen-bond donors (Lipinski definition) is 0. The average molecular weight is 314 g/mol. The van der Waals surface area contributed by atoms with Gasteiger partial charge in [-0.15, -0.1) is 0 Å². The highest BCUT2D eigenvalue weighted by molar-refractivity contribution is 6.31. The number of halogens is 4. The van der Waals surface area contributed by atoms with Crippen LogP contribution in [0.3, 0.4) is 0 Å². The number of rotatable bonds is 4. The zero-order valence-electron chi connectivity index (χ0n) is 10.5. The Morgan fingerprint density at radius 3 is 2.33 bits per heavy atom. The molecular formula is C15H9ClF3O2. The molecule has 0 bridgehead atoms. The fraction of sp³-hybridized carbons (Fsp3) is 0.133. The van der Waals surface area contributed by atoms with Crippen LogP contribution in [0.2, 0.25) is 5.02 Å². The molecule has 0 N–H and O–H groups in total. The van der Waals surface area contributed by atoms with Gasteiger partial charge < -0.3 is 4.74 Å². The summed E-state index contributed by atoms with van der Waals surface area (Å²) < 4.78 is 43.5. The van der Waals surface area contributed by atoms with Crippen molar-refractivity contribution in [2.75, 3.05) is 0 Å². The summed E-state index contributed by atoms with van der Waals surface area (Å²) in [4.78, 5) is 11.0. The molecule has 2 aromatic rings. The second-order valence-electron chi connectivity index (χ2n) is 4.17. The zero-order chi connectivity index (χ0) is 15.5. The molecule has 2 rings (SSSR count). The lowest BCUT2D eigenvalue weighted by Gasteiger charge is -2.15. The van der Waals surface area contributed by atoms with E-state index in [1.807, 2.05) is 0 Å².